The number of nitrogens with one attached hydrogen (secondary N) is 1. The predicted molar refractivity (Wildman–Crippen MR) is 110 cm³/mol. The molecule has 32 heavy (non-hydrogen) atoms. The Morgan fingerprint density at radius 2 is 1.72 bits per heavy atom. The van der Waals surface area contributed by atoms with E-state index in [-0.39, 0.29) is 17.9 Å². The number of nitrogens with zero attached hydrogens (tertiary/aromatic N) is 3. The smallest absolute Gasteiger partial charge is 0.275 e. The van der Waals surface area contributed by atoms with Crippen molar-refractivity contribution in [2.24, 2.45) is 4.99 Å². The molecule has 0 unspecified atom stereocenters. The molecule has 0 bridgehead atoms. The van der Waals surface area contributed by atoms with Crippen LogP contribution in [0.1, 0.15) is 43.2 Å². The van der Waals surface area contributed by atoms with Crippen LogP contribution in [0.2, 0.25) is 0 Å². The number of hydrogen-bond acceptors (Lipinski definition) is 4. The average Bonchev–Trinajstić information content (AvgIpc) is 3.04. The van der Waals surface area contributed by atoms with E-state index in [0.29, 0.717) is 36.1 Å². The highest BCUT2D eigenvalue weighted by atomic mass is 19.2. The molecule has 1 saturated carbocycles. The first-order valence-corrected chi connectivity index (χ1v) is 10.2. The molecule has 164 valence electrons. The summed E-state index contributed by atoms with van der Waals surface area (Å²) in [6, 6.07) is 9.83. The number of halogens is 3. The van der Waals surface area contributed by atoms with E-state index in [2.05, 4.69) is 5.32 Å². The molecular weight excluding hydrogens is 421 g/mol. The highest BCUT2D eigenvalue weighted by Crippen LogP contribution is 2.39. The van der Waals surface area contributed by atoms with Gasteiger partial charge in [0.25, 0.3) is 5.91 Å². The first-order chi connectivity index (χ1) is 15.3. The van der Waals surface area contributed by atoms with Crippen LogP contribution in [0.25, 0.3) is 0 Å². The summed E-state index contributed by atoms with van der Waals surface area (Å²) in [6.07, 6.45) is 3.84. The summed E-state index contributed by atoms with van der Waals surface area (Å²) in [6.45, 7) is -0.372. The van der Waals surface area contributed by atoms with Gasteiger partial charge >= 0.3 is 0 Å². The van der Waals surface area contributed by atoms with E-state index < -0.39 is 34.9 Å². The molecule has 1 aliphatic heterocycles. The highest BCUT2D eigenvalue weighted by Gasteiger charge is 2.48. The maximum atomic E-state index is 13.5. The topological polar surface area (TPSA) is 85.6 Å². The van der Waals surface area contributed by atoms with Gasteiger partial charge in [-0.15, -0.1) is 0 Å². The standard InChI is InChI=1S/C23H19F3N4O2/c24-17-10-16(11-18(25)20(17)26)28-19(31)13-30-22(32)21(15-6-4-14(12-27)5-7-15)29-23(30)8-2-1-3-9-23/h4-7,10-11H,1-3,8-9,13H2,(H,28,31). The summed E-state index contributed by atoms with van der Waals surface area (Å²) >= 11 is 0. The van der Waals surface area contributed by atoms with E-state index in [9.17, 15) is 22.8 Å². The number of benzene rings is 2. The minimum Gasteiger partial charge on any atom is -0.324 e. The fourth-order valence-electron chi connectivity index (χ4n) is 4.21. The molecule has 1 spiro atoms. The predicted octanol–water partition coefficient (Wildman–Crippen LogP) is 3.91. The van der Waals surface area contributed by atoms with Crippen LogP contribution in [0.5, 0.6) is 0 Å². The summed E-state index contributed by atoms with van der Waals surface area (Å²) < 4.78 is 40.1. The number of aliphatic imine (C=N–C) groups is 1. The fourth-order valence-corrected chi connectivity index (χ4v) is 4.21. The van der Waals surface area contributed by atoms with E-state index >= 15 is 0 Å². The number of amides is 2. The first-order valence-electron chi connectivity index (χ1n) is 10.2. The third kappa shape index (κ3) is 3.96. The van der Waals surface area contributed by atoms with Crippen LogP contribution >= 0.6 is 0 Å². The lowest BCUT2D eigenvalue weighted by atomic mass is 9.88. The number of rotatable bonds is 4. The van der Waals surface area contributed by atoms with Gasteiger partial charge in [0.1, 0.15) is 17.9 Å². The Kier molecular flexibility index (Phi) is 5.70. The monoisotopic (exact) mass is 440 g/mol. The second-order valence-electron chi connectivity index (χ2n) is 7.89. The Hall–Kier alpha value is -3.67. The van der Waals surface area contributed by atoms with Gasteiger partial charge in [0.15, 0.2) is 17.5 Å². The van der Waals surface area contributed by atoms with Gasteiger partial charge in [0.05, 0.1) is 11.6 Å². The van der Waals surface area contributed by atoms with Crippen LogP contribution < -0.4 is 5.32 Å². The van der Waals surface area contributed by atoms with Gasteiger partial charge in [0, 0.05) is 23.4 Å². The van der Waals surface area contributed by atoms with Gasteiger partial charge in [-0.3, -0.25) is 14.6 Å². The van der Waals surface area contributed by atoms with Crippen molar-refractivity contribution in [1.29, 1.82) is 5.26 Å². The van der Waals surface area contributed by atoms with Crippen molar-refractivity contribution in [3.05, 3.63) is 65.0 Å². The quantitative estimate of drug-likeness (QED) is 0.732. The molecule has 2 aromatic rings. The number of anilines is 1. The zero-order valence-corrected chi connectivity index (χ0v) is 17.0. The third-order valence-corrected chi connectivity index (χ3v) is 5.78. The molecule has 1 aliphatic carbocycles. The van der Waals surface area contributed by atoms with Crippen molar-refractivity contribution in [2.75, 3.05) is 11.9 Å². The lowest BCUT2D eigenvalue weighted by Crippen LogP contribution is -2.51. The van der Waals surface area contributed by atoms with Crippen molar-refractivity contribution in [3.8, 4) is 6.07 Å². The van der Waals surface area contributed by atoms with E-state index in [1.807, 2.05) is 6.07 Å². The third-order valence-electron chi connectivity index (χ3n) is 5.78. The van der Waals surface area contributed by atoms with Gasteiger partial charge in [-0.25, -0.2) is 13.2 Å². The lowest BCUT2D eigenvalue weighted by molar-refractivity contribution is -0.134. The summed E-state index contributed by atoms with van der Waals surface area (Å²) in [5.74, 6) is -5.58. The van der Waals surface area contributed by atoms with Crippen LogP contribution in [0, 0.1) is 28.8 Å². The van der Waals surface area contributed by atoms with Crippen molar-refractivity contribution < 1.29 is 22.8 Å². The zero-order chi connectivity index (χ0) is 22.9. The molecule has 6 nitrogen and oxygen atoms in total. The van der Waals surface area contributed by atoms with Crippen LogP contribution in [-0.2, 0) is 9.59 Å². The lowest BCUT2D eigenvalue weighted by Gasteiger charge is -2.38. The zero-order valence-electron chi connectivity index (χ0n) is 17.0. The number of carbonyl (C=O) groups is 2. The Balaban J connectivity index is 1.58. The number of carbonyl (C=O) groups excluding carboxylic acids is 2. The molecule has 1 N–H and O–H groups in total. The molecule has 2 aromatic carbocycles. The van der Waals surface area contributed by atoms with E-state index in [1.54, 1.807) is 24.3 Å². The summed E-state index contributed by atoms with van der Waals surface area (Å²) in [7, 11) is 0. The van der Waals surface area contributed by atoms with Crippen LogP contribution in [0.15, 0.2) is 41.4 Å². The van der Waals surface area contributed by atoms with E-state index in [1.165, 1.54) is 4.90 Å². The SMILES string of the molecule is N#Cc1ccc(C2=NC3(CCCCC3)N(CC(=O)Nc3cc(F)c(F)c(F)c3)C2=O)cc1. The molecule has 0 radical (unpaired) electrons. The Bertz CT molecular complexity index is 1130. The maximum Gasteiger partial charge on any atom is 0.275 e. The molecule has 0 aromatic heterocycles. The molecule has 1 heterocycles. The van der Waals surface area contributed by atoms with Crippen molar-refractivity contribution in [3.63, 3.8) is 0 Å². The minimum atomic E-state index is -1.63. The Morgan fingerprint density at radius 1 is 1.09 bits per heavy atom. The molecule has 9 heteroatoms. The molecule has 2 aliphatic rings. The van der Waals surface area contributed by atoms with Gasteiger partial charge < -0.3 is 10.2 Å². The summed E-state index contributed by atoms with van der Waals surface area (Å²) in [5.41, 5.74) is 0.0913. The first kappa shape index (κ1) is 21.6. The second kappa shape index (κ2) is 8.46. The van der Waals surface area contributed by atoms with Crippen LogP contribution in [0.4, 0.5) is 18.9 Å². The van der Waals surface area contributed by atoms with Crippen LogP contribution in [0.3, 0.4) is 0 Å². The fraction of sp³-hybridized carbons (Fsp3) is 0.304. The minimum absolute atomic E-state index is 0.211. The van der Waals surface area contributed by atoms with E-state index in [4.69, 9.17) is 10.3 Å². The maximum absolute atomic E-state index is 13.5. The summed E-state index contributed by atoms with van der Waals surface area (Å²) in [5, 5.41) is 11.3. The Morgan fingerprint density at radius 3 is 2.31 bits per heavy atom. The average molecular weight is 440 g/mol. The normalized spacial score (nSPS) is 17.2. The highest BCUT2D eigenvalue weighted by molar-refractivity contribution is 6.47. The van der Waals surface area contributed by atoms with Gasteiger partial charge in [-0.1, -0.05) is 18.6 Å². The van der Waals surface area contributed by atoms with Crippen molar-refractivity contribution >= 4 is 23.2 Å². The molecular formula is C23H19F3N4O2. The van der Waals surface area contributed by atoms with Crippen LogP contribution in [-0.4, -0.2) is 34.6 Å². The molecule has 0 atom stereocenters. The largest absolute Gasteiger partial charge is 0.324 e. The number of nitriles is 1. The number of hydrogen-bond donors (Lipinski definition) is 1. The molecule has 4 rings (SSSR count). The Labute approximate surface area is 182 Å². The van der Waals surface area contributed by atoms with Crippen molar-refractivity contribution in [2.45, 2.75) is 37.8 Å². The van der Waals surface area contributed by atoms with E-state index in [0.717, 1.165) is 19.3 Å². The molecule has 1 fully saturated rings. The van der Waals surface area contributed by atoms with Crippen molar-refractivity contribution in [1.82, 2.24) is 4.90 Å². The van der Waals surface area contributed by atoms with Gasteiger partial charge in [-0.05, 0) is 37.8 Å². The van der Waals surface area contributed by atoms with Gasteiger partial charge in [0.2, 0.25) is 5.91 Å². The van der Waals surface area contributed by atoms with Gasteiger partial charge in [-0.2, -0.15) is 5.26 Å². The molecule has 2 amide bonds. The second-order valence-corrected chi connectivity index (χ2v) is 7.89. The summed E-state index contributed by atoms with van der Waals surface area (Å²) in [4.78, 5) is 32.0. The molecule has 0 saturated heterocycles.